The van der Waals surface area contributed by atoms with E-state index in [4.69, 9.17) is 10.2 Å². The molecule has 2 atom stereocenters. The van der Waals surface area contributed by atoms with Crippen molar-refractivity contribution in [1.29, 1.82) is 0 Å². The second-order valence-corrected chi connectivity index (χ2v) is 3.04. The minimum atomic E-state index is -1.67. The van der Waals surface area contributed by atoms with E-state index in [0.717, 1.165) is 0 Å². The van der Waals surface area contributed by atoms with Gasteiger partial charge in [-0.05, 0) is 6.92 Å². The number of likely N-dealkylation sites (N-methyl/N-ethyl adjacent to an activating group) is 1. The number of amides is 3. The second kappa shape index (κ2) is 6.62. The average Bonchev–Trinajstić information content (AvgIpc) is 2.24. The lowest BCUT2D eigenvalue weighted by Crippen LogP contribution is -2.49. The molecule has 0 saturated carbocycles. The van der Waals surface area contributed by atoms with Gasteiger partial charge in [0.1, 0.15) is 6.04 Å². The Kier molecular flexibility index (Phi) is 5.86. The minimum Gasteiger partial charge on any atom is -0.479 e. The predicted molar refractivity (Wildman–Crippen MR) is 53.7 cm³/mol. The lowest BCUT2D eigenvalue weighted by atomic mass is 10.3. The molecule has 0 saturated heterocycles. The molecule has 0 aliphatic heterocycles. The minimum absolute atomic E-state index is 0.381. The highest BCUT2D eigenvalue weighted by Gasteiger charge is 2.16. The van der Waals surface area contributed by atoms with Gasteiger partial charge in [-0.15, -0.1) is 0 Å². The summed E-state index contributed by atoms with van der Waals surface area (Å²) in [5.41, 5.74) is 0. The maximum atomic E-state index is 11.1. The topological polar surface area (TPSA) is 128 Å². The van der Waals surface area contributed by atoms with Crippen molar-refractivity contribution in [1.82, 2.24) is 16.0 Å². The quantitative estimate of drug-likeness (QED) is 0.370. The van der Waals surface area contributed by atoms with Crippen LogP contribution in [0, 0.1) is 0 Å². The lowest BCUT2D eigenvalue weighted by molar-refractivity contribution is -0.146. The SMILES string of the molecule is CNC(=O)C(C)NC(=O)NC[C@H](O)C(=O)O. The first-order valence-electron chi connectivity index (χ1n) is 4.55. The maximum Gasteiger partial charge on any atom is 0.334 e. The molecule has 3 amide bonds. The van der Waals surface area contributed by atoms with Gasteiger partial charge in [0.25, 0.3) is 0 Å². The number of aliphatic hydroxyl groups is 1. The van der Waals surface area contributed by atoms with Gasteiger partial charge in [-0.1, -0.05) is 0 Å². The third kappa shape index (κ3) is 5.15. The van der Waals surface area contributed by atoms with Gasteiger partial charge in [-0.25, -0.2) is 9.59 Å². The Morgan fingerprint density at radius 2 is 1.88 bits per heavy atom. The summed E-state index contributed by atoms with van der Waals surface area (Å²) in [6.07, 6.45) is -1.67. The van der Waals surface area contributed by atoms with Crippen LogP contribution in [0.5, 0.6) is 0 Å². The predicted octanol–water partition coefficient (Wildman–Crippen LogP) is -2.13. The van der Waals surface area contributed by atoms with Crippen LogP contribution in [-0.2, 0) is 9.59 Å². The van der Waals surface area contributed by atoms with Crippen molar-refractivity contribution >= 4 is 17.9 Å². The first-order valence-corrected chi connectivity index (χ1v) is 4.55. The van der Waals surface area contributed by atoms with Crippen molar-refractivity contribution in [3.05, 3.63) is 0 Å². The Balaban J connectivity index is 3.91. The molecule has 0 heterocycles. The zero-order valence-corrected chi connectivity index (χ0v) is 8.98. The molecule has 92 valence electrons. The fourth-order valence-corrected chi connectivity index (χ4v) is 0.806. The van der Waals surface area contributed by atoms with Crippen molar-refractivity contribution in [3.8, 4) is 0 Å². The number of hydrogen-bond donors (Lipinski definition) is 5. The van der Waals surface area contributed by atoms with Crippen LogP contribution in [0.2, 0.25) is 0 Å². The van der Waals surface area contributed by atoms with Crippen LogP contribution in [0.3, 0.4) is 0 Å². The fourth-order valence-electron chi connectivity index (χ4n) is 0.806. The molecule has 0 radical (unpaired) electrons. The number of carboxylic acids is 1. The molecule has 0 spiro atoms. The Morgan fingerprint density at radius 1 is 1.31 bits per heavy atom. The van der Waals surface area contributed by atoms with Gasteiger partial charge in [-0.3, -0.25) is 4.79 Å². The number of carbonyl (C=O) groups excluding carboxylic acids is 2. The summed E-state index contributed by atoms with van der Waals surface area (Å²) in [7, 11) is 1.42. The molecule has 8 nitrogen and oxygen atoms in total. The van der Waals surface area contributed by atoms with Crippen molar-refractivity contribution in [3.63, 3.8) is 0 Å². The van der Waals surface area contributed by atoms with Crippen LogP contribution < -0.4 is 16.0 Å². The van der Waals surface area contributed by atoms with E-state index in [1.165, 1.54) is 14.0 Å². The van der Waals surface area contributed by atoms with E-state index in [0.29, 0.717) is 0 Å². The summed E-state index contributed by atoms with van der Waals surface area (Å²) >= 11 is 0. The summed E-state index contributed by atoms with van der Waals surface area (Å²) in [4.78, 5) is 32.3. The van der Waals surface area contributed by atoms with Gasteiger partial charge in [0, 0.05) is 7.05 Å². The zero-order chi connectivity index (χ0) is 12.7. The number of rotatable bonds is 5. The van der Waals surface area contributed by atoms with Gasteiger partial charge in [0.15, 0.2) is 6.10 Å². The van der Waals surface area contributed by atoms with Gasteiger partial charge in [0.2, 0.25) is 5.91 Å². The third-order valence-electron chi connectivity index (χ3n) is 1.73. The number of aliphatic hydroxyl groups excluding tert-OH is 1. The average molecular weight is 233 g/mol. The second-order valence-electron chi connectivity index (χ2n) is 3.04. The summed E-state index contributed by atoms with van der Waals surface area (Å²) in [6.45, 7) is 1.04. The Labute approximate surface area is 92.0 Å². The number of carboxylic acid groups (broad SMARTS) is 1. The number of aliphatic carboxylic acids is 1. The van der Waals surface area contributed by atoms with Crippen molar-refractivity contribution < 1.29 is 24.6 Å². The first-order chi connectivity index (χ1) is 7.38. The number of hydrogen-bond acceptors (Lipinski definition) is 4. The van der Waals surface area contributed by atoms with Crippen LogP contribution >= 0.6 is 0 Å². The summed E-state index contributed by atoms with van der Waals surface area (Å²) in [5, 5.41) is 23.9. The van der Waals surface area contributed by atoms with Crippen molar-refractivity contribution in [2.24, 2.45) is 0 Å². The van der Waals surface area contributed by atoms with Crippen LogP contribution in [-0.4, -0.2) is 53.9 Å². The van der Waals surface area contributed by atoms with Gasteiger partial charge in [0.05, 0.1) is 6.54 Å². The molecular weight excluding hydrogens is 218 g/mol. The Bertz CT molecular complexity index is 281. The molecule has 16 heavy (non-hydrogen) atoms. The Morgan fingerprint density at radius 3 is 2.31 bits per heavy atom. The normalized spacial score (nSPS) is 13.4. The highest BCUT2D eigenvalue weighted by Crippen LogP contribution is 1.83. The molecule has 0 bridgehead atoms. The smallest absolute Gasteiger partial charge is 0.334 e. The molecule has 0 aliphatic rings. The molecule has 8 heteroatoms. The molecule has 0 aliphatic carbocycles. The van der Waals surface area contributed by atoms with E-state index in [1.54, 1.807) is 0 Å². The van der Waals surface area contributed by atoms with E-state index >= 15 is 0 Å². The lowest BCUT2D eigenvalue weighted by Gasteiger charge is -2.13. The zero-order valence-electron chi connectivity index (χ0n) is 8.98. The van der Waals surface area contributed by atoms with E-state index in [-0.39, 0.29) is 5.91 Å². The van der Waals surface area contributed by atoms with Crippen LogP contribution in [0.15, 0.2) is 0 Å². The first kappa shape index (κ1) is 14.2. The molecule has 0 aromatic heterocycles. The van der Waals surface area contributed by atoms with Crippen LogP contribution in [0.1, 0.15) is 6.92 Å². The number of urea groups is 1. The molecule has 0 rings (SSSR count). The largest absolute Gasteiger partial charge is 0.479 e. The summed E-state index contributed by atoms with van der Waals surface area (Å²) < 4.78 is 0. The van der Waals surface area contributed by atoms with E-state index in [9.17, 15) is 14.4 Å². The van der Waals surface area contributed by atoms with E-state index < -0.39 is 30.7 Å². The van der Waals surface area contributed by atoms with Gasteiger partial charge < -0.3 is 26.2 Å². The van der Waals surface area contributed by atoms with E-state index in [2.05, 4.69) is 16.0 Å². The highest BCUT2D eigenvalue weighted by atomic mass is 16.4. The fraction of sp³-hybridized carbons (Fsp3) is 0.625. The standard InChI is InChI=1S/C8H15N3O5/c1-4(6(13)9-2)11-8(16)10-3-5(12)7(14)15/h4-5,12H,3H2,1-2H3,(H,9,13)(H,14,15)(H2,10,11,16)/t4?,5-/m0/s1. The summed E-state index contributed by atoms with van der Waals surface area (Å²) in [6, 6.07) is -1.47. The molecule has 0 aromatic rings. The van der Waals surface area contributed by atoms with Crippen LogP contribution in [0.25, 0.3) is 0 Å². The molecule has 0 fully saturated rings. The molecule has 1 unspecified atom stereocenters. The third-order valence-corrected chi connectivity index (χ3v) is 1.73. The maximum absolute atomic E-state index is 11.1. The van der Waals surface area contributed by atoms with Crippen molar-refractivity contribution in [2.45, 2.75) is 19.1 Å². The van der Waals surface area contributed by atoms with E-state index in [1.807, 2.05) is 0 Å². The molecular formula is C8H15N3O5. The number of nitrogens with one attached hydrogen (secondary N) is 3. The van der Waals surface area contributed by atoms with Gasteiger partial charge in [-0.2, -0.15) is 0 Å². The van der Waals surface area contributed by atoms with Gasteiger partial charge >= 0.3 is 12.0 Å². The molecule has 5 N–H and O–H groups in total. The molecule has 0 aromatic carbocycles. The number of carbonyl (C=O) groups is 3. The van der Waals surface area contributed by atoms with Crippen LogP contribution in [0.4, 0.5) is 4.79 Å². The monoisotopic (exact) mass is 233 g/mol. The summed E-state index contributed by atoms with van der Waals surface area (Å²) in [5.74, 6) is -1.81. The highest BCUT2D eigenvalue weighted by molar-refractivity contribution is 5.86. The Hall–Kier alpha value is -1.83. The van der Waals surface area contributed by atoms with Crippen molar-refractivity contribution in [2.75, 3.05) is 13.6 Å².